The minimum Gasteiger partial charge on any atom is -0.264 e. The van der Waals surface area contributed by atoms with Crippen molar-refractivity contribution in [3.05, 3.63) is 35.7 Å². The van der Waals surface area contributed by atoms with Crippen LogP contribution in [0.5, 0.6) is 0 Å². The van der Waals surface area contributed by atoms with Gasteiger partial charge in [-0.1, -0.05) is 0 Å². The maximum absolute atomic E-state index is 12.3. The van der Waals surface area contributed by atoms with Crippen molar-refractivity contribution in [3.63, 3.8) is 0 Å². The second-order valence-corrected chi connectivity index (χ2v) is 2.42. The van der Waals surface area contributed by atoms with E-state index in [1.807, 2.05) is 0 Å². The van der Waals surface area contributed by atoms with E-state index < -0.39 is 11.7 Å². The SMILES string of the molecule is N#CC=Cc1cnccc1C(F)(F)F. The molecule has 0 saturated heterocycles. The van der Waals surface area contributed by atoms with Crippen molar-refractivity contribution in [2.24, 2.45) is 0 Å². The molecule has 1 heterocycles. The molecular formula is C9H5F3N2. The van der Waals surface area contributed by atoms with Gasteiger partial charge in [-0.05, 0) is 12.1 Å². The van der Waals surface area contributed by atoms with Crippen molar-refractivity contribution in [3.8, 4) is 6.07 Å². The van der Waals surface area contributed by atoms with Crippen LogP contribution in [-0.4, -0.2) is 4.98 Å². The quantitative estimate of drug-likeness (QED) is 0.650. The predicted molar refractivity (Wildman–Crippen MR) is 43.9 cm³/mol. The first-order valence-corrected chi connectivity index (χ1v) is 3.63. The number of halogens is 3. The van der Waals surface area contributed by atoms with Crippen LogP contribution in [0, 0.1) is 11.3 Å². The molecule has 0 bridgehead atoms. The molecular weight excluding hydrogens is 193 g/mol. The van der Waals surface area contributed by atoms with Crippen LogP contribution in [0.15, 0.2) is 24.5 Å². The molecule has 72 valence electrons. The van der Waals surface area contributed by atoms with Gasteiger partial charge in [0.05, 0.1) is 11.6 Å². The predicted octanol–water partition coefficient (Wildman–Crippen LogP) is 2.64. The Morgan fingerprint density at radius 3 is 2.71 bits per heavy atom. The summed E-state index contributed by atoms with van der Waals surface area (Å²) in [4.78, 5) is 3.55. The van der Waals surface area contributed by atoms with E-state index >= 15 is 0 Å². The maximum atomic E-state index is 12.3. The lowest BCUT2D eigenvalue weighted by molar-refractivity contribution is -0.137. The normalized spacial score (nSPS) is 11.6. The smallest absolute Gasteiger partial charge is 0.264 e. The van der Waals surface area contributed by atoms with Crippen LogP contribution in [-0.2, 0) is 6.18 Å². The van der Waals surface area contributed by atoms with E-state index in [0.29, 0.717) is 0 Å². The average molecular weight is 198 g/mol. The highest BCUT2D eigenvalue weighted by atomic mass is 19.4. The molecule has 1 rings (SSSR count). The number of hydrogen-bond acceptors (Lipinski definition) is 2. The summed E-state index contributed by atoms with van der Waals surface area (Å²) in [6.07, 6.45) is -0.233. The lowest BCUT2D eigenvalue weighted by atomic mass is 10.1. The van der Waals surface area contributed by atoms with Gasteiger partial charge in [-0.15, -0.1) is 0 Å². The third-order valence-corrected chi connectivity index (χ3v) is 1.49. The molecule has 0 aliphatic heterocycles. The Balaban J connectivity index is 3.18. The molecule has 1 aromatic rings. The van der Waals surface area contributed by atoms with E-state index in [-0.39, 0.29) is 5.56 Å². The fourth-order valence-electron chi connectivity index (χ4n) is 0.925. The van der Waals surface area contributed by atoms with E-state index in [2.05, 4.69) is 4.98 Å². The number of nitrogens with zero attached hydrogens (tertiary/aromatic N) is 2. The first kappa shape index (κ1) is 10.3. The highest BCUT2D eigenvalue weighted by Crippen LogP contribution is 2.31. The molecule has 0 N–H and O–H groups in total. The number of aromatic nitrogens is 1. The minimum atomic E-state index is -4.42. The number of nitriles is 1. The van der Waals surface area contributed by atoms with E-state index in [4.69, 9.17) is 5.26 Å². The van der Waals surface area contributed by atoms with Gasteiger partial charge in [0.2, 0.25) is 0 Å². The fourth-order valence-corrected chi connectivity index (χ4v) is 0.925. The molecule has 0 aliphatic carbocycles. The molecule has 14 heavy (non-hydrogen) atoms. The van der Waals surface area contributed by atoms with Gasteiger partial charge in [0.25, 0.3) is 0 Å². The highest BCUT2D eigenvalue weighted by molar-refractivity contribution is 5.55. The number of pyridine rings is 1. The number of alkyl halides is 3. The summed E-state index contributed by atoms with van der Waals surface area (Å²) < 4.78 is 37.0. The van der Waals surface area contributed by atoms with Crippen LogP contribution in [0.25, 0.3) is 6.08 Å². The van der Waals surface area contributed by atoms with E-state index in [1.54, 1.807) is 6.07 Å². The topological polar surface area (TPSA) is 36.7 Å². The highest BCUT2D eigenvalue weighted by Gasteiger charge is 2.32. The number of rotatable bonds is 1. The molecule has 0 saturated carbocycles. The third-order valence-electron chi connectivity index (χ3n) is 1.49. The Kier molecular flexibility index (Phi) is 2.87. The second kappa shape index (κ2) is 3.92. The van der Waals surface area contributed by atoms with Crippen molar-refractivity contribution >= 4 is 6.08 Å². The number of allylic oxidation sites excluding steroid dienone is 1. The Bertz CT molecular complexity index is 388. The monoisotopic (exact) mass is 198 g/mol. The van der Waals surface area contributed by atoms with E-state index in [0.717, 1.165) is 30.6 Å². The molecule has 1 aromatic heterocycles. The van der Waals surface area contributed by atoms with Crippen LogP contribution in [0.1, 0.15) is 11.1 Å². The summed E-state index contributed by atoms with van der Waals surface area (Å²) in [7, 11) is 0. The molecule has 0 spiro atoms. The second-order valence-electron chi connectivity index (χ2n) is 2.42. The number of hydrogen-bond donors (Lipinski definition) is 0. The summed E-state index contributed by atoms with van der Waals surface area (Å²) in [6.45, 7) is 0. The van der Waals surface area contributed by atoms with Gasteiger partial charge in [-0.25, -0.2) is 0 Å². The lowest BCUT2D eigenvalue weighted by Crippen LogP contribution is -2.07. The van der Waals surface area contributed by atoms with Gasteiger partial charge in [-0.3, -0.25) is 4.98 Å². The Morgan fingerprint density at radius 2 is 2.14 bits per heavy atom. The van der Waals surface area contributed by atoms with Gasteiger partial charge >= 0.3 is 6.18 Å². The summed E-state index contributed by atoms with van der Waals surface area (Å²) in [6, 6.07) is 2.49. The van der Waals surface area contributed by atoms with Gasteiger partial charge in [0.1, 0.15) is 0 Å². The van der Waals surface area contributed by atoms with E-state index in [1.165, 1.54) is 0 Å². The van der Waals surface area contributed by atoms with Gasteiger partial charge in [-0.2, -0.15) is 18.4 Å². The summed E-state index contributed by atoms with van der Waals surface area (Å²) >= 11 is 0. The zero-order chi connectivity index (χ0) is 10.6. The van der Waals surface area contributed by atoms with Crippen LogP contribution < -0.4 is 0 Å². The molecule has 0 fully saturated rings. The molecule has 0 unspecified atom stereocenters. The van der Waals surface area contributed by atoms with Crippen LogP contribution in [0.4, 0.5) is 13.2 Å². The molecule has 2 nitrogen and oxygen atoms in total. The standard InChI is InChI=1S/C9H5F3N2/c10-9(11,12)8-3-5-14-6-7(8)2-1-4-13/h1-3,5-6H. The third kappa shape index (κ3) is 2.33. The van der Waals surface area contributed by atoms with Crippen LogP contribution in [0.2, 0.25) is 0 Å². The molecule has 0 amide bonds. The zero-order valence-corrected chi connectivity index (χ0v) is 6.92. The Hall–Kier alpha value is -1.83. The minimum absolute atomic E-state index is 0.110. The van der Waals surface area contributed by atoms with Gasteiger partial charge in [0, 0.05) is 24.0 Å². The molecule has 0 aliphatic rings. The van der Waals surface area contributed by atoms with Crippen molar-refractivity contribution in [1.29, 1.82) is 5.26 Å². The first-order chi connectivity index (χ1) is 6.55. The largest absolute Gasteiger partial charge is 0.417 e. The summed E-state index contributed by atoms with van der Waals surface area (Å²) in [5, 5.41) is 8.18. The van der Waals surface area contributed by atoms with Crippen LogP contribution >= 0.6 is 0 Å². The Morgan fingerprint density at radius 1 is 1.43 bits per heavy atom. The molecule has 0 atom stereocenters. The van der Waals surface area contributed by atoms with Crippen molar-refractivity contribution in [2.75, 3.05) is 0 Å². The van der Waals surface area contributed by atoms with Crippen molar-refractivity contribution < 1.29 is 13.2 Å². The van der Waals surface area contributed by atoms with E-state index in [9.17, 15) is 13.2 Å². The van der Waals surface area contributed by atoms with Crippen molar-refractivity contribution in [2.45, 2.75) is 6.18 Å². The van der Waals surface area contributed by atoms with Crippen molar-refractivity contribution in [1.82, 2.24) is 4.98 Å². The first-order valence-electron chi connectivity index (χ1n) is 3.63. The summed E-state index contributed by atoms with van der Waals surface area (Å²) in [5.41, 5.74) is -0.902. The zero-order valence-electron chi connectivity index (χ0n) is 6.92. The average Bonchev–Trinajstić information content (AvgIpc) is 2.14. The lowest BCUT2D eigenvalue weighted by Gasteiger charge is -2.08. The van der Waals surface area contributed by atoms with Gasteiger partial charge in [0.15, 0.2) is 0 Å². The maximum Gasteiger partial charge on any atom is 0.417 e. The summed E-state index contributed by atoms with van der Waals surface area (Å²) in [5.74, 6) is 0. The fraction of sp³-hybridized carbons (Fsp3) is 0.111. The Labute approximate surface area is 78.3 Å². The molecule has 0 aromatic carbocycles. The molecule has 0 radical (unpaired) electrons. The van der Waals surface area contributed by atoms with Crippen LogP contribution in [0.3, 0.4) is 0 Å². The molecule has 5 heteroatoms. The van der Waals surface area contributed by atoms with Gasteiger partial charge < -0.3 is 0 Å².